The minimum absolute atomic E-state index is 0.597. The Hall–Kier alpha value is -1.90. The molecule has 1 heterocycles. The van der Waals surface area contributed by atoms with E-state index in [1.807, 2.05) is 0 Å². The first-order valence-corrected chi connectivity index (χ1v) is 5.20. The number of benzene rings is 1. The fourth-order valence-electron chi connectivity index (χ4n) is 2.05. The molecule has 16 heavy (non-hydrogen) atoms. The van der Waals surface area contributed by atoms with E-state index in [0.717, 1.165) is 23.1 Å². The van der Waals surface area contributed by atoms with Gasteiger partial charge < -0.3 is 0 Å². The monoisotopic (exact) mass is 214 g/mol. The van der Waals surface area contributed by atoms with Gasteiger partial charge in [0.2, 0.25) is 0 Å². The lowest BCUT2D eigenvalue weighted by Gasteiger charge is -2.10. The number of aryl methyl sites for hydroxylation is 3. The number of aromatic nitrogens is 2. The van der Waals surface area contributed by atoms with Crippen LogP contribution in [0, 0.1) is 20.8 Å². The Morgan fingerprint density at radius 3 is 2.31 bits per heavy atom. The van der Waals surface area contributed by atoms with Gasteiger partial charge in [0.1, 0.15) is 0 Å². The predicted molar refractivity (Wildman–Crippen MR) is 63.2 cm³/mol. The third-order valence-electron chi connectivity index (χ3n) is 2.60. The van der Waals surface area contributed by atoms with Gasteiger partial charge in [-0.1, -0.05) is 17.7 Å². The highest BCUT2D eigenvalue weighted by molar-refractivity contribution is 5.73. The molecule has 2 rings (SSSR count). The van der Waals surface area contributed by atoms with Crippen molar-refractivity contribution in [2.24, 2.45) is 0 Å². The zero-order chi connectivity index (χ0) is 11.7. The van der Waals surface area contributed by atoms with Crippen LogP contribution in [0.25, 0.3) is 5.69 Å². The maximum absolute atomic E-state index is 10.6. The smallest absolute Gasteiger partial charge is 0.153 e. The summed E-state index contributed by atoms with van der Waals surface area (Å²) in [5.41, 5.74) is 5.22. The molecule has 0 atom stereocenters. The van der Waals surface area contributed by atoms with Crippen molar-refractivity contribution in [3.63, 3.8) is 0 Å². The van der Waals surface area contributed by atoms with E-state index in [-0.39, 0.29) is 0 Å². The third-order valence-corrected chi connectivity index (χ3v) is 2.60. The van der Waals surface area contributed by atoms with Crippen molar-refractivity contribution < 1.29 is 4.79 Å². The van der Waals surface area contributed by atoms with E-state index in [4.69, 9.17) is 0 Å². The number of rotatable bonds is 2. The van der Waals surface area contributed by atoms with Crippen molar-refractivity contribution >= 4 is 6.29 Å². The summed E-state index contributed by atoms with van der Waals surface area (Å²) in [5, 5.41) is 4.19. The SMILES string of the molecule is Cc1cc(C)c(-n2cc(C=O)cn2)c(C)c1. The Morgan fingerprint density at radius 1 is 1.19 bits per heavy atom. The van der Waals surface area contributed by atoms with E-state index in [0.29, 0.717) is 5.56 Å². The summed E-state index contributed by atoms with van der Waals surface area (Å²) < 4.78 is 1.76. The molecule has 0 aliphatic heterocycles. The molecule has 1 aromatic carbocycles. The molecule has 0 amide bonds. The van der Waals surface area contributed by atoms with Gasteiger partial charge in [0.15, 0.2) is 6.29 Å². The Labute approximate surface area is 94.7 Å². The Morgan fingerprint density at radius 2 is 1.81 bits per heavy atom. The molecule has 0 fully saturated rings. The highest BCUT2D eigenvalue weighted by Gasteiger charge is 2.07. The summed E-state index contributed by atoms with van der Waals surface area (Å²) in [5.74, 6) is 0. The van der Waals surface area contributed by atoms with Crippen LogP contribution in [0.1, 0.15) is 27.0 Å². The van der Waals surface area contributed by atoms with Crippen molar-refractivity contribution in [3.8, 4) is 5.69 Å². The second kappa shape index (κ2) is 3.93. The van der Waals surface area contributed by atoms with E-state index in [1.54, 1.807) is 17.1 Å². The van der Waals surface area contributed by atoms with Crippen LogP contribution < -0.4 is 0 Å². The van der Waals surface area contributed by atoms with Crippen LogP contribution in [0.4, 0.5) is 0 Å². The minimum Gasteiger partial charge on any atom is -0.298 e. The topological polar surface area (TPSA) is 34.9 Å². The van der Waals surface area contributed by atoms with Crippen LogP contribution in [0.5, 0.6) is 0 Å². The van der Waals surface area contributed by atoms with Crippen molar-refractivity contribution in [2.75, 3.05) is 0 Å². The predicted octanol–water partition coefficient (Wildman–Crippen LogP) is 2.61. The number of carbonyl (C=O) groups is 1. The molecular formula is C13H14N2O. The highest BCUT2D eigenvalue weighted by atomic mass is 16.1. The van der Waals surface area contributed by atoms with Crippen LogP contribution in [0.2, 0.25) is 0 Å². The molecule has 0 saturated carbocycles. The largest absolute Gasteiger partial charge is 0.298 e. The van der Waals surface area contributed by atoms with Gasteiger partial charge in [0.05, 0.1) is 17.4 Å². The fourth-order valence-corrected chi connectivity index (χ4v) is 2.05. The normalized spacial score (nSPS) is 10.4. The van der Waals surface area contributed by atoms with Crippen LogP contribution in [0.15, 0.2) is 24.5 Å². The summed E-state index contributed by atoms with van der Waals surface area (Å²) in [6.07, 6.45) is 4.13. The maximum atomic E-state index is 10.6. The number of nitrogens with zero attached hydrogens (tertiary/aromatic N) is 2. The summed E-state index contributed by atoms with van der Waals surface area (Å²) >= 11 is 0. The van der Waals surface area contributed by atoms with Crippen LogP contribution in [-0.2, 0) is 0 Å². The zero-order valence-electron chi connectivity index (χ0n) is 9.69. The van der Waals surface area contributed by atoms with Gasteiger partial charge in [0.25, 0.3) is 0 Å². The van der Waals surface area contributed by atoms with Gasteiger partial charge >= 0.3 is 0 Å². The average molecular weight is 214 g/mol. The molecule has 0 unspecified atom stereocenters. The average Bonchev–Trinajstić information content (AvgIpc) is 2.64. The summed E-state index contributed by atoms with van der Waals surface area (Å²) in [6, 6.07) is 4.23. The van der Waals surface area contributed by atoms with Gasteiger partial charge in [-0.05, 0) is 31.9 Å². The molecule has 0 bridgehead atoms. The molecule has 0 saturated heterocycles. The van der Waals surface area contributed by atoms with Crippen molar-refractivity contribution in [2.45, 2.75) is 20.8 Å². The molecular weight excluding hydrogens is 200 g/mol. The highest BCUT2D eigenvalue weighted by Crippen LogP contribution is 2.20. The Kier molecular flexibility index (Phi) is 2.60. The lowest BCUT2D eigenvalue weighted by molar-refractivity contribution is 0.112. The summed E-state index contributed by atoms with van der Waals surface area (Å²) in [6.45, 7) is 6.18. The van der Waals surface area contributed by atoms with Crippen molar-refractivity contribution in [3.05, 3.63) is 46.8 Å². The van der Waals surface area contributed by atoms with E-state index in [9.17, 15) is 4.79 Å². The minimum atomic E-state index is 0.597. The first-order valence-electron chi connectivity index (χ1n) is 5.20. The fraction of sp³-hybridized carbons (Fsp3) is 0.231. The Bertz CT molecular complexity index is 518. The first kappa shape index (κ1) is 10.6. The molecule has 0 N–H and O–H groups in total. The quantitative estimate of drug-likeness (QED) is 0.720. The molecule has 0 aliphatic rings. The molecule has 3 nitrogen and oxygen atoms in total. The van der Waals surface area contributed by atoms with Crippen molar-refractivity contribution in [1.82, 2.24) is 9.78 Å². The molecule has 3 heteroatoms. The van der Waals surface area contributed by atoms with E-state index >= 15 is 0 Å². The lowest BCUT2D eigenvalue weighted by atomic mass is 10.1. The number of carbonyl (C=O) groups excluding carboxylic acids is 1. The molecule has 1 aromatic heterocycles. The van der Waals surface area contributed by atoms with Crippen LogP contribution in [-0.4, -0.2) is 16.1 Å². The lowest BCUT2D eigenvalue weighted by Crippen LogP contribution is -2.01. The van der Waals surface area contributed by atoms with E-state index in [1.165, 1.54) is 5.56 Å². The van der Waals surface area contributed by atoms with Gasteiger partial charge in [-0.25, -0.2) is 4.68 Å². The molecule has 0 aliphatic carbocycles. The standard InChI is InChI=1S/C13H14N2O/c1-9-4-10(2)13(11(3)5-9)15-7-12(8-16)6-14-15/h4-8H,1-3H3. The third kappa shape index (κ3) is 1.76. The summed E-state index contributed by atoms with van der Waals surface area (Å²) in [7, 11) is 0. The van der Waals surface area contributed by atoms with Crippen LogP contribution in [0.3, 0.4) is 0 Å². The van der Waals surface area contributed by atoms with Gasteiger partial charge in [0, 0.05) is 6.20 Å². The summed E-state index contributed by atoms with van der Waals surface area (Å²) in [4.78, 5) is 10.6. The second-order valence-corrected chi connectivity index (χ2v) is 4.08. The second-order valence-electron chi connectivity index (χ2n) is 4.08. The van der Waals surface area contributed by atoms with E-state index in [2.05, 4.69) is 38.0 Å². The number of aldehydes is 1. The first-order chi connectivity index (χ1) is 7.61. The van der Waals surface area contributed by atoms with E-state index < -0.39 is 0 Å². The van der Waals surface area contributed by atoms with Gasteiger partial charge in [-0.2, -0.15) is 5.10 Å². The van der Waals surface area contributed by atoms with Crippen molar-refractivity contribution in [1.29, 1.82) is 0 Å². The van der Waals surface area contributed by atoms with Crippen LogP contribution >= 0.6 is 0 Å². The number of hydrogen-bond donors (Lipinski definition) is 0. The molecule has 2 aromatic rings. The zero-order valence-corrected chi connectivity index (χ0v) is 9.69. The molecule has 82 valence electrons. The van der Waals surface area contributed by atoms with Gasteiger partial charge in [-0.15, -0.1) is 0 Å². The number of hydrogen-bond acceptors (Lipinski definition) is 2. The Balaban J connectivity index is 2.59. The molecule has 0 radical (unpaired) electrons. The van der Waals surface area contributed by atoms with Gasteiger partial charge in [-0.3, -0.25) is 4.79 Å². The molecule has 0 spiro atoms. The maximum Gasteiger partial charge on any atom is 0.153 e.